The summed E-state index contributed by atoms with van der Waals surface area (Å²) in [6.07, 6.45) is 1.96. The predicted octanol–water partition coefficient (Wildman–Crippen LogP) is 5.01. The summed E-state index contributed by atoms with van der Waals surface area (Å²) in [5.74, 6) is -0.407. The van der Waals surface area contributed by atoms with Gasteiger partial charge >= 0.3 is 0 Å². The van der Waals surface area contributed by atoms with E-state index < -0.39 is 16.1 Å². The first-order valence-electron chi connectivity index (χ1n) is 13.7. The number of carbonyl (C=O) groups is 2. The van der Waals surface area contributed by atoms with Crippen LogP contribution in [-0.4, -0.2) is 50.0 Å². The summed E-state index contributed by atoms with van der Waals surface area (Å²) in [5.41, 5.74) is 4.55. The molecule has 1 unspecified atom stereocenters. The number of sulfonamides is 1. The van der Waals surface area contributed by atoms with Gasteiger partial charge in [0.1, 0.15) is 6.04 Å². The Kier molecular flexibility index (Phi) is 10.9. The quantitative estimate of drug-likeness (QED) is 0.317. The lowest BCUT2D eigenvalue weighted by atomic mass is 10.0. The van der Waals surface area contributed by atoms with Crippen LogP contribution in [0.25, 0.3) is 0 Å². The lowest BCUT2D eigenvalue weighted by Crippen LogP contribution is -2.51. The molecule has 0 radical (unpaired) electrons. The van der Waals surface area contributed by atoms with Gasteiger partial charge < -0.3 is 10.2 Å². The van der Waals surface area contributed by atoms with Gasteiger partial charge in [-0.15, -0.1) is 0 Å². The molecule has 0 heterocycles. The maximum absolute atomic E-state index is 13.8. The number of benzene rings is 3. The van der Waals surface area contributed by atoms with Gasteiger partial charge in [-0.25, -0.2) is 8.42 Å². The van der Waals surface area contributed by atoms with Crippen molar-refractivity contribution in [1.29, 1.82) is 0 Å². The van der Waals surface area contributed by atoms with Gasteiger partial charge in [0.2, 0.25) is 21.8 Å². The Bertz CT molecular complexity index is 1370. The van der Waals surface area contributed by atoms with E-state index in [1.807, 2.05) is 94.4 Å². The zero-order valence-electron chi connectivity index (χ0n) is 24.1. The van der Waals surface area contributed by atoms with Crippen LogP contribution in [0.3, 0.4) is 0 Å². The smallest absolute Gasteiger partial charge is 0.243 e. The Labute approximate surface area is 239 Å². The van der Waals surface area contributed by atoms with Gasteiger partial charge in [-0.3, -0.25) is 13.9 Å². The number of nitrogens with zero attached hydrogens (tertiary/aromatic N) is 2. The normalized spacial score (nSPS) is 12.2. The third kappa shape index (κ3) is 9.23. The van der Waals surface area contributed by atoms with Gasteiger partial charge in [0, 0.05) is 32.0 Å². The summed E-state index contributed by atoms with van der Waals surface area (Å²) >= 11 is 0. The fourth-order valence-corrected chi connectivity index (χ4v) is 5.62. The zero-order valence-corrected chi connectivity index (χ0v) is 24.9. The monoisotopic (exact) mass is 563 g/mol. The number of rotatable bonds is 13. The van der Waals surface area contributed by atoms with Crippen LogP contribution in [0.4, 0.5) is 5.69 Å². The Morgan fingerprint density at radius 3 is 2.10 bits per heavy atom. The molecule has 1 atom stereocenters. The largest absolute Gasteiger partial charge is 0.352 e. The van der Waals surface area contributed by atoms with Crippen molar-refractivity contribution in [3.63, 3.8) is 0 Å². The number of anilines is 1. The second-order valence-corrected chi connectivity index (χ2v) is 12.6. The number of aryl methyl sites for hydroxylation is 2. The number of nitrogens with one attached hydrogen (secondary N) is 1. The molecule has 8 heteroatoms. The number of carbonyl (C=O) groups excluding carboxylic acids is 2. The molecule has 2 amide bonds. The molecule has 214 valence electrons. The number of hydrogen-bond acceptors (Lipinski definition) is 4. The SMILES string of the molecule is Cc1ccc(N(CCCC(=O)N(Cc2cccc(C)c2)C(Cc2ccccc2)C(=O)NC(C)C)S(C)(=O)=O)cc1. The molecular formula is C32H41N3O4S. The van der Waals surface area contributed by atoms with Crippen LogP contribution in [0.5, 0.6) is 0 Å². The molecule has 0 fully saturated rings. The summed E-state index contributed by atoms with van der Waals surface area (Å²) in [6, 6.07) is 24.0. The maximum Gasteiger partial charge on any atom is 0.243 e. The van der Waals surface area contributed by atoms with Crippen LogP contribution >= 0.6 is 0 Å². The summed E-state index contributed by atoms with van der Waals surface area (Å²) in [4.78, 5) is 29.0. The lowest BCUT2D eigenvalue weighted by molar-refractivity contribution is -0.141. The first-order chi connectivity index (χ1) is 18.9. The maximum atomic E-state index is 13.8. The van der Waals surface area contributed by atoms with Crippen LogP contribution in [0, 0.1) is 13.8 Å². The molecular weight excluding hydrogens is 522 g/mol. The summed E-state index contributed by atoms with van der Waals surface area (Å²) in [5, 5.41) is 3.00. The topological polar surface area (TPSA) is 86.8 Å². The summed E-state index contributed by atoms with van der Waals surface area (Å²) in [6.45, 7) is 8.17. The molecule has 3 rings (SSSR count). The molecule has 40 heavy (non-hydrogen) atoms. The molecule has 0 aliphatic heterocycles. The molecule has 0 aliphatic carbocycles. The minimum Gasteiger partial charge on any atom is -0.352 e. The van der Waals surface area contributed by atoms with E-state index in [4.69, 9.17) is 0 Å². The highest BCUT2D eigenvalue weighted by Gasteiger charge is 2.31. The van der Waals surface area contributed by atoms with E-state index in [9.17, 15) is 18.0 Å². The van der Waals surface area contributed by atoms with Crippen LogP contribution in [-0.2, 0) is 32.6 Å². The molecule has 0 aromatic heterocycles. The first-order valence-corrected chi connectivity index (χ1v) is 15.5. The number of amides is 2. The highest BCUT2D eigenvalue weighted by molar-refractivity contribution is 7.92. The molecule has 0 aliphatic rings. The van der Waals surface area contributed by atoms with Gasteiger partial charge in [0.05, 0.1) is 11.9 Å². The van der Waals surface area contributed by atoms with Gasteiger partial charge in [0.15, 0.2) is 0 Å². The average Bonchev–Trinajstić information content (AvgIpc) is 2.89. The van der Waals surface area contributed by atoms with Crippen LogP contribution in [0.1, 0.15) is 48.9 Å². The lowest BCUT2D eigenvalue weighted by Gasteiger charge is -2.32. The van der Waals surface area contributed by atoms with Crippen molar-refractivity contribution in [2.24, 2.45) is 0 Å². The van der Waals surface area contributed by atoms with E-state index in [2.05, 4.69) is 5.32 Å². The Hall–Kier alpha value is -3.65. The second-order valence-electron chi connectivity index (χ2n) is 10.7. The molecule has 1 N–H and O–H groups in total. The first kappa shape index (κ1) is 30.9. The van der Waals surface area contributed by atoms with E-state index in [-0.39, 0.29) is 37.4 Å². The zero-order chi connectivity index (χ0) is 29.3. The van der Waals surface area contributed by atoms with Crippen LogP contribution in [0.15, 0.2) is 78.9 Å². The molecule has 0 spiro atoms. The third-order valence-corrected chi connectivity index (χ3v) is 7.81. The van der Waals surface area contributed by atoms with Gasteiger partial charge in [0.25, 0.3) is 0 Å². The molecule has 3 aromatic rings. The van der Waals surface area contributed by atoms with E-state index in [1.54, 1.807) is 17.0 Å². The van der Waals surface area contributed by atoms with Crippen molar-refractivity contribution in [3.05, 3.63) is 101 Å². The average molecular weight is 564 g/mol. The minimum absolute atomic E-state index is 0.0838. The third-order valence-electron chi connectivity index (χ3n) is 6.61. The van der Waals surface area contributed by atoms with Gasteiger partial charge in [-0.1, -0.05) is 77.9 Å². The van der Waals surface area contributed by atoms with E-state index in [0.717, 1.165) is 22.3 Å². The van der Waals surface area contributed by atoms with Crippen molar-refractivity contribution in [2.75, 3.05) is 17.1 Å². The van der Waals surface area contributed by atoms with Crippen molar-refractivity contribution in [1.82, 2.24) is 10.2 Å². The molecule has 0 bridgehead atoms. The predicted molar refractivity (Wildman–Crippen MR) is 162 cm³/mol. The van der Waals surface area contributed by atoms with E-state index in [1.165, 1.54) is 10.6 Å². The standard InChI is InChI=1S/C32H41N3O4S/c1-24(2)33-32(37)30(22-27-12-7-6-8-13-27)34(23-28-14-9-11-26(4)21-28)31(36)15-10-20-35(40(5,38)39)29-18-16-25(3)17-19-29/h6-9,11-14,16-19,21,24,30H,10,15,20,22-23H2,1-5H3,(H,33,37). The fourth-order valence-electron chi connectivity index (χ4n) is 4.66. The van der Waals surface area contributed by atoms with E-state index in [0.29, 0.717) is 18.5 Å². The second kappa shape index (κ2) is 14.1. The Morgan fingerprint density at radius 2 is 1.50 bits per heavy atom. The van der Waals surface area contributed by atoms with Crippen LogP contribution < -0.4 is 9.62 Å². The fraction of sp³-hybridized carbons (Fsp3) is 0.375. The van der Waals surface area contributed by atoms with Crippen molar-refractivity contribution in [2.45, 2.75) is 65.6 Å². The van der Waals surface area contributed by atoms with Gasteiger partial charge in [-0.2, -0.15) is 0 Å². The Balaban J connectivity index is 1.87. The molecule has 3 aromatic carbocycles. The minimum atomic E-state index is -3.54. The molecule has 0 saturated carbocycles. The molecule has 7 nitrogen and oxygen atoms in total. The summed E-state index contributed by atoms with van der Waals surface area (Å²) < 4.78 is 26.5. The van der Waals surface area contributed by atoms with Crippen LogP contribution in [0.2, 0.25) is 0 Å². The summed E-state index contributed by atoms with van der Waals surface area (Å²) in [7, 11) is -3.54. The van der Waals surface area contributed by atoms with Crippen molar-refractivity contribution < 1.29 is 18.0 Å². The van der Waals surface area contributed by atoms with E-state index >= 15 is 0 Å². The highest BCUT2D eigenvalue weighted by Crippen LogP contribution is 2.21. The highest BCUT2D eigenvalue weighted by atomic mass is 32.2. The number of hydrogen-bond donors (Lipinski definition) is 1. The molecule has 0 saturated heterocycles. The van der Waals surface area contributed by atoms with Crippen molar-refractivity contribution in [3.8, 4) is 0 Å². The Morgan fingerprint density at radius 1 is 0.850 bits per heavy atom. The van der Waals surface area contributed by atoms with Crippen molar-refractivity contribution >= 4 is 27.5 Å². The van der Waals surface area contributed by atoms with Gasteiger partial charge in [-0.05, 0) is 57.4 Å².